The summed E-state index contributed by atoms with van der Waals surface area (Å²) in [5, 5.41) is 0. The third-order valence-corrected chi connectivity index (χ3v) is 6.56. The molecule has 1 aliphatic carbocycles. The lowest BCUT2D eigenvalue weighted by atomic mass is 9.92. The summed E-state index contributed by atoms with van der Waals surface area (Å²) < 4.78 is 32.5. The summed E-state index contributed by atoms with van der Waals surface area (Å²) in [6, 6.07) is 5.66. The minimum Gasteiger partial charge on any atom is -0.383 e. The molecule has 0 bridgehead atoms. The van der Waals surface area contributed by atoms with Crippen LogP contribution in [-0.2, 0) is 27.6 Å². The molecule has 5 heteroatoms. The summed E-state index contributed by atoms with van der Waals surface area (Å²) in [6.07, 6.45) is 6.25. The van der Waals surface area contributed by atoms with Crippen LogP contribution in [0.5, 0.6) is 0 Å². The Bertz CT molecular complexity index is 612. The van der Waals surface area contributed by atoms with E-state index in [-0.39, 0.29) is 6.04 Å². The highest BCUT2D eigenvalue weighted by molar-refractivity contribution is 7.89. The Morgan fingerprint density at radius 3 is 2.71 bits per heavy atom. The van der Waals surface area contributed by atoms with Gasteiger partial charge in [-0.05, 0) is 61.8 Å². The first-order chi connectivity index (χ1) is 10.1. The highest BCUT2D eigenvalue weighted by Crippen LogP contribution is 2.29. The number of sulfonamides is 1. The standard InChI is InChI=1S/C16H23NO3S/c1-20-12-15-7-4-10-17(15)21(18,19)16-9-8-13-5-2-3-6-14(13)11-16/h8-9,11,15H,2-7,10,12H2,1H3. The van der Waals surface area contributed by atoms with E-state index < -0.39 is 10.0 Å². The van der Waals surface area contributed by atoms with Crippen LogP contribution in [0.25, 0.3) is 0 Å². The fourth-order valence-corrected chi connectivity index (χ4v) is 5.22. The Morgan fingerprint density at radius 1 is 1.19 bits per heavy atom. The quantitative estimate of drug-likeness (QED) is 0.858. The van der Waals surface area contributed by atoms with Gasteiger partial charge in [0.25, 0.3) is 0 Å². The molecule has 0 spiro atoms. The van der Waals surface area contributed by atoms with E-state index in [0.717, 1.165) is 32.1 Å². The van der Waals surface area contributed by atoms with E-state index in [1.54, 1.807) is 17.5 Å². The van der Waals surface area contributed by atoms with Crippen LogP contribution < -0.4 is 0 Å². The smallest absolute Gasteiger partial charge is 0.243 e. The van der Waals surface area contributed by atoms with Gasteiger partial charge in [0.05, 0.1) is 11.5 Å². The van der Waals surface area contributed by atoms with Gasteiger partial charge in [0, 0.05) is 19.7 Å². The van der Waals surface area contributed by atoms with Gasteiger partial charge in [0.2, 0.25) is 10.0 Å². The minimum atomic E-state index is -3.39. The molecular weight excluding hydrogens is 286 g/mol. The van der Waals surface area contributed by atoms with Crippen molar-refractivity contribution < 1.29 is 13.2 Å². The van der Waals surface area contributed by atoms with Gasteiger partial charge < -0.3 is 4.74 Å². The molecule has 2 aliphatic rings. The summed E-state index contributed by atoms with van der Waals surface area (Å²) in [7, 11) is -1.76. The van der Waals surface area contributed by atoms with E-state index >= 15 is 0 Å². The van der Waals surface area contributed by atoms with E-state index in [0.29, 0.717) is 18.0 Å². The SMILES string of the molecule is COCC1CCCN1S(=O)(=O)c1ccc2c(c1)CCCC2. The molecule has 0 saturated carbocycles. The number of ether oxygens (including phenoxy) is 1. The maximum atomic E-state index is 12.9. The number of benzene rings is 1. The van der Waals surface area contributed by atoms with E-state index in [9.17, 15) is 8.42 Å². The average Bonchev–Trinajstić information content (AvgIpc) is 2.96. The molecule has 1 saturated heterocycles. The predicted molar refractivity (Wildman–Crippen MR) is 81.9 cm³/mol. The minimum absolute atomic E-state index is 0.0176. The molecule has 0 radical (unpaired) electrons. The molecule has 1 fully saturated rings. The Morgan fingerprint density at radius 2 is 1.95 bits per heavy atom. The lowest BCUT2D eigenvalue weighted by Gasteiger charge is -2.24. The molecule has 116 valence electrons. The van der Waals surface area contributed by atoms with E-state index in [1.807, 2.05) is 12.1 Å². The van der Waals surface area contributed by atoms with Gasteiger partial charge >= 0.3 is 0 Å². The maximum Gasteiger partial charge on any atom is 0.243 e. The van der Waals surface area contributed by atoms with Crippen LogP contribution in [0.1, 0.15) is 36.8 Å². The summed E-state index contributed by atoms with van der Waals surface area (Å²) in [4.78, 5) is 0.450. The Kier molecular flexibility index (Phi) is 4.33. The van der Waals surface area contributed by atoms with Crippen molar-refractivity contribution >= 4 is 10.0 Å². The number of nitrogens with zero attached hydrogens (tertiary/aromatic N) is 1. The van der Waals surface area contributed by atoms with Crippen molar-refractivity contribution in [1.82, 2.24) is 4.31 Å². The zero-order chi connectivity index (χ0) is 14.9. The summed E-state index contributed by atoms with van der Waals surface area (Å²) in [5.74, 6) is 0. The van der Waals surface area contributed by atoms with Gasteiger partial charge in [-0.2, -0.15) is 4.31 Å². The number of methoxy groups -OCH3 is 1. The van der Waals surface area contributed by atoms with Crippen LogP contribution in [0.2, 0.25) is 0 Å². The van der Waals surface area contributed by atoms with Gasteiger partial charge in [-0.25, -0.2) is 8.42 Å². The van der Waals surface area contributed by atoms with E-state index in [4.69, 9.17) is 4.74 Å². The zero-order valence-corrected chi connectivity index (χ0v) is 13.4. The molecule has 4 nitrogen and oxygen atoms in total. The normalized spacial score (nSPS) is 23.2. The van der Waals surface area contributed by atoms with Crippen LogP contribution in [0.15, 0.2) is 23.1 Å². The zero-order valence-electron chi connectivity index (χ0n) is 12.5. The molecule has 1 unspecified atom stereocenters. The first-order valence-corrected chi connectivity index (χ1v) is 9.19. The number of hydrogen-bond donors (Lipinski definition) is 0. The van der Waals surface area contributed by atoms with Crippen LogP contribution in [0.4, 0.5) is 0 Å². The molecule has 3 rings (SSSR count). The van der Waals surface area contributed by atoms with Crippen molar-refractivity contribution in [2.75, 3.05) is 20.3 Å². The number of rotatable bonds is 4. The first-order valence-electron chi connectivity index (χ1n) is 7.75. The van der Waals surface area contributed by atoms with Gasteiger partial charge in [0.1, 0.15) is 0 Å². The van der Waals surface area contributed by atoms with Crippen molar-refractivity contribution in [1.29, 1.82) is 0 Å². The van der Waals surface area contributed by atoms with Gasteiger partial charge in [-0.3, -0.25) is 0 Å². The topological polar surface area (TPSA) is 46.6 Å². The Balaban J connectivity index is 1.91. The van der Waals surface area contributed by atoms with Crippen molar-refractivity contribution in [3.05, 3.63) is 29.3 Å². The fraction of sp³-hybridized carbons (Fsp3) is 0.625. The van der Waals surface area contributed by atoms with Crippen LogP contribution >= 0.6 is 0 Å². The van der Waals surface area contributed by atoms with Gasteiger partial charge in [0.15, 0.2) is 0 Å². The van der Waals surface area contributed by atoms with E-state index in [1.165, 1.54) is 17.5 Å². The van der Waals surface area contributed by atoms with Crippen molar-refractivity contribution in [2.24, 2.45) is 0 Å². The molecule has 1 aromatic carbocycles. The van der Waals surface area contributed by atoms with Gasteiger partial charge in [-0.15, -0.1) is 0 Å². The van der Waals surface area contributed by atoms with Crippen molar-refractivity contribution in [3.8, 4) is 0 Å². The average molecular weight is 309 g/mol. The molecule has 0 aromatic heterocycles. The molecule has 1 heterocycles. The lowest BCUT2D eigenvalue weighted by molar-refractivity contribution is 0.149. The second-order valence-corrected chi connectivity index (χ2v) is 7.90. The second-order valence-electron chi connectivity index (χ2n) is 6.00. The third-order valence-electron chi connectivity index (χ3n) is 4.61. The number of hydrogen-bond acceptors (Lipinski definition) is 3. The molecule has 1 atom stereocenters. The molecule has 1 aromatic rings. The van der Waals surface area contributed by atoms with Crippen molar-refractivity contribution in [2.45, 2.75) is 49.5 Å². The number of aryl methyl sites for hydroxylation is 2. The highest BCUT2D eigenvalue weighted by Gasteiger charge is 2.35. The van der Waals surface area contributed by atoms with E-state index in [2.05, 4.69) is 0 Å². The lowest BCUT2D eigenvalue weighted by Crippen LogP contribution is -2.38. The maximum absolute atomic E-state index is 12.9. The molecule has 1 aliphatic heterocycles. The number of fused-ring (bicyclic) bond motifs is 1. The molecular formula is C16H23NO3S. The van der Waals surface area contributed by atoms with Crippen LogP contribution in [-0.4, -0.2) is 39.0 Å². The Labute approximate surface area is 127 Å². The largest absolute Gasteiger partial charge is 0.383 e. The molecule has 21 heavy (non-hydrogen) atoms. The summed E-state index contributed by atoms with van der Waals surface area (Å²) in [6.45, 7) is 1.08. The summed E-state index contributed by atoms with van der Waals surface area (Å²) in [5.41, 5.74) is 2.53. The monoisotopic (exact) mass is 309 g/mol. The van der Waals surface area contributed by atoms with Crippen LogP contribution in [0, 0.1) is 0 Å². The Hall–Kier alpha value is -0.910. The van der Waals surface area contributed by atoms with Gasteiger partial charge in [-0.1, -0.05) is 6.07 Å². The molecule has 0 N–H and O–H groups in total. The third kappa shape index (κ3) is 2.87. The molecule has 0 amide bonds. The summed E-state index contributed by atoms with van der Waals surface area (Å²) >= 11 is 0. The highest BCUT2D eigenvalue weighted by atomic mass is 32.2. The fourth-order valence-electron chi connectivity index (χ4n) is 3.49. The first kappa shape index (κ1) is 15.0. The predicted octanol–water partition coefficient (Wildman–Crippen LogP) is 2.36. The van der Waals surface area contributed by atoms with Crippen molar-refractivity contribution in [3.63, 3.8) is 0 Å². The second kappa shape index (κ2) is 6.07. The van der Waals surface area contributed by atoms with Crippen LogP contribution in [0.3, 0.4) is 0 Å².